The Balaban J connectivity index is 1.62. The fourth-order valence-corrected chi connectivity index (χ4v) is 5.43. The minimum Gasteiger partial charge on any atom is -0.496 e. The number of urea groups is 1. The van der Waals surface area contributed by atoms with Gasteiger partial charge < -0.3 is 29.5 Å². The van der Waals surface area contributed by atoms with Gasteiger partial charge in [-0.05, 0) is 62.3 Å². The van der Waals surface area contributed by atoms with E-state index in [1.807, 2.05) is 57.2 Å². The molecule has 0 bridgehead atoms. The van der Waals surface area contributed by atoms with E-state index >= 15 is 0 Å². The van der Waals surface area contributed by atoms with Crippen molar-refractivity contribution in [1.29, 1.82) is 0 Å². The number of nitrogens with one attached hydrogen (secondary N) is 1. The summed E-state index contributed by atoms with van der Waals surface area (Å²) in [4.78, 5) is 27.0. The largest absolute Gasteiger partial charge is 0.496 e. The molecular weight excluding hydrogens is 522 g/mol. The molecule has 40 heavy (non-hydrogen) atoms. The lowest BCUT2D eigenvalue weighted by Crippen LogP contribution is -2.68. The van der Waals surface area contributed by atoms with E-state index in [1.54, 1.807) is 7.11 Å². The van der Waals surface area contributed by atoms with Gasteiger partial charge in [-0.1, -0.05) is 30.3 Å². The lowest BCUT2D eigenvalue weighted by molar-refractivity contribution is -0.175. The molecule has 2 aromatic rings. The molecule has 0 unspecified atom stereocenters. The zero-order chi connectivity index (χ0) is 29.1. The third kappa shape index (κ3) is 6.32. The highest BCUT2D eigenvalue weighted by atomic mass is 19.3. The van der Waals surface area contributed by atoms with E-state index in [9.17, 15) is 23.5 Å². The predicted molar refractivity (Wildman–Crippen MR) is 145 cm³/mol. The summed E-state index contributed by atoms with van der Waals surface area (Å²) in [6, 6.07) is 10.1. The van der Waals surface area contributed by atoms with Gasteiger partial charge in [-0.25, -0.2) is 18.4 Å². The molecule has 0 spiro atoms. The maximum atomic E-state index is 13.8. The molecule has 0 saturated heterocycles. The third-order valence-corrected chi connectivity index (χ3v) is 7.71. The standard InChI is InChI=1S/C30H38F2N2O6/c1-5-40-26-19(2)23(15-24(38-4)25(26)22-11-12-22)20(3)34(13-14-39-16-21-9-7-6-8-10-21)28(37)33-29(27(35)36)17-30(31,32)18-29/h6-10,15,20,22H,5,11-14,16-18H2,1-4H3,(H,33,37)(H,35,36)/t20-/m1/s1. The number of carbonyl (C=O) groups excluding carboxylic acids is 1. The fourth-order valence-electron chi connectivity index (χ4n) is 5.43. The summed E-state index contributed by atoms with van der Waals surface area (Å²) >= 11 is 0. The van der Waals surface area contributed by atoms with E-state index in [0.717, 1.165) is 40.8 Å². The van der Waals surface area contributed by atoms with Gasteiger partial charge in [0.2, 0.25) is 0 Å². The molecule has 0 radical (unpaired) electrons. The first-order valence-corrected chi connectivity index (χ1v) is 13.7. The number of hydrogen-bond donors (Lipinski definition) is 2. The van der Waals surface area contributed by atoms with Crippen LogP contribution in [0.1, 0.15) is 73.7 Å². The number of nitrogens with zero attached hydrogens (tertiary/aromatic N) is 1. The van der Waals surface area contributed by atoms with E-state index in [-0.39, 0.29) is 13.2 Å². The minimum atomic E-state index is -3.14. The minimum absolute atomic E-state index is 0.0992. The number of rotatable bonds is 13. The summed E-state index contributed by atoms with van der Waals surface area (Å²) in [5, 5.41) is 12.1. The first kappa shape index (κ1) is 29.6. The highest BCUT2D eigenvalue weighted by molar-refractivity contribution is 5.88. The van der Waals surface area contributed by atoms with Crippen molar-refractivity contribution in [3.8, 4) is 11.5 Å². The normalized spacial score (nSPS) is 17.9. The van der Waals surface area contributed by atoms with Gasteiger partial charge in [0.15, 0.2) is 5.54 Å². The van der Waals surface area contributed by atoms with Crippen LogP contribution < -0.4 is 14.8 Å². The van der Waals surface area contributed by atoms with E-state index in [4.69, 9.17) is 14.2 Å². The van der Waals surface area contributed by atoms with Crippen LogP contribution in [-0.2, 0) is 16.1 Å². The van der Waals surface area contributed by atoms with Crippen molar-refractivity contribution < 1.29 is 37.7 Å². The van der Waals surface area contributed by atoms with Gasteiger partial charge in [-0.3, -0.25) is 0 Å². The topological polar surface area (TPSA) is 97.3 Å². The van der Waals surface area contributed by atoms with Crippen molar-refractivity contribution in [3.63, 3.8) is 0 Å². The number of carboxylic acid groups (broad SMARTS) is 1. The molecule has 1 atom stereocenters. The molecular formula is C30H38F2N2O6. The third-order valence-electron chi connectivity index (χ3n) is 7.71. The first-order valence-electron chi connectivity index (χ1n) is 13.7. The van der Waals surface area contributed by atoms with Crippen LogP contribution in [0.15, 0.2) is 36.4 Å². The van der Waals surface area contributed by atoms with Crippen LogP contribution in [0.25, 0.3) is 0 Å². The van der Waals surface area contributed by atoms with Crippen molar-refractivity contribution in [3.05, 3.63) is 58.7 Å². The van der Waals surface area contributed by atoms with Crippen molar-refractivity contribution in [2.45, 2.75) is 76.5 Å². The van der Waals surface area contributed by atoms with Gasteiger partial charge >= 0.3 is 12.0 Å². The second kappa shape index (κ2) is 12.0. The molecule has 10 heteroatoms. The smallest absolute Gasteiger partial charge is 0.329 e. The number of halogens is 2. The molecule has 218 valence electrons. The number of benzene rings is 2. The Labute approximate surface area is 233 Å². The zero-order valence-corrected chi connectivity index (χ0v) is 23.5. The van der Waals surface area contributed by atoms with Gasteiger partial charge in [-0.15, -0.1) is 0 Å². The number of amides is 2. The van der Waals surface area contributed by atoms with Crippen LogP contribution in [0.4, 0.5) is 13.6 Å². The number of ether oxygens (including phenoxy) is 3. The molecule has 0 aromatic heterocycles. The number of carbonyl (C=O) groups is 2. The second-order valence-electron chi connectivity index (χ2n) is 10.7. The summed E-state index contributed by atoms with van der Waals surface area (Å²) in [6.07, 6.45) is 0.177. The number of aliphatic carboxylic acids is 1. The maximum Gasteiger partial charge on any atom is 0.329 e. The molecule has 0 heterocycles. The second-order valence-corrected chi connectivity index (χ2v) is 10.7. The number of alkyl halides is 2. The molecule has 8 nitrogen and oxygen atoms in total. The average molecular weight is 561 g/mol. The molecule has 4 rings (SSSR count). The van der Waals surface area contributed by atoms with Gasteiger partial charge in [0.05, 0.1) is 33.0 Å². The molecule has 2 fully saturated rings. The summed E-state index contributed by atoms with van der Waals surface area (Å²) in [5.74, 6) is -2.88. The molecule has 2 N–H and O–H groups in total. The fraction of sp³-hybridized carbons (Fsp3) is 0.533. The van der Waals surface area contributed by atoms with Gasteiger partial charge in [0.25, 0.3) is 5.92 Å². The highest BCUT2D eigenvalue weighted by Gasteiger charge is 2.62. The molecule has 2 aliphatic rings. The molecule has 2 aliphatic carbocycles. The Bertz CT molecular complexity index is 1210. The van der Waals surface area contributed by atoms with Crippen molar-refractivity contribution >= 4 is 12.0 Å². The Morgan fingerprint density at radius 3 is 2.42 bits per heavy atom. The first-order chi connectivity index (χ1) is 19.0. The monoisotopic (exact) mass is 560 g/mol. The summed E-state index contributed by atoms with van der Waals surface area (Å²) in [6.45, 7) is 6.67. The Kier molecular flexibility index (Phi) is 8.87. The van der Waals surface area contributed by atoms with Crippen LogP contribution in [0, 0.1) is 6.92 Å². The summed E-state index contributed by atoms with van der Waals surface area (Å²) in [7, 11) is 1.59. The van der Waals surface area contributed by atoms with E-state index in [0.29, 0.717) is 24.9 Å². The average Bonchev–Trinajstić information content (AvgIpc) is 3.74. The predicted octanol–water partition coefficient (Wildman–Crippen LogP) is 5.82. The Morgan fingerprint density at radius 1 is 1.20 bits per heavy atom. The Morgan fingerprint density at radius 2 is 1.88 bits per heavy atom. The molecule has 2 saturated carbocycles. The summed E-state index contributed by atoms with van der Waals surface area (Å²) in [5.41, 5.74) is 1.56. The van der Waals surface area contributed by atoms with E-state index in [2.05, 4.69) is 5.32 Å². The molecule has 2 amide bonds. The van der Waals surface area contributed by atoms with Crippen LogP contribution in [0.2, 0.25) is 0 Å². The zero-order valence-electron chi connectivity index (χ0n) is 23.5. The molecule has 2 aromatic carbocycles. The van der Waals surface area contributed by atoms with Crippen LogP contribution in [0.5, 0.6) is 11.5 Å². The van der Waals surface area contributed by atoms with Crippen molar-refractivity contribution in [1.82, 2.24) is 10.2 Å². The summed E-state index contributed by atoms with van der Waals surface area (Å²) < 4.78 is 45.2. The van der Waals surface area contributed by atoms with Gasteiger partial charge in [-0.2, -0.15) is 0 Å². The quantitative estimate of drug-likeness (QED) is 0.300. The van der Waals surface area contributed by atoms with E-state index < -0.39 is 42.3 Å². The van der Waals surface area contributed by atoms with Crippen LogP contribution in [0.3, 0.4) is 0 Å². The number of hydrogen-bond acceptors (Lipinski definition) is 5. The van der Waals surface area contributed by atoms with Crippen LogP contribution in [-0.4, -0.2) is 60.3 Å². The van der Waals surface area contributed by atoms with Gasteiger partial charge in [0, 0.05) is 24.9 Å². The number of methoxy groups -OCH3 is 1. The van der Waals surface area contributed by atoms with Crippen LogP contribution >= 0.6 is 0 Å². The SMILES string of the molecule is CCOc1c(C)c([C@@H](C)N(CCOCc2ccccc2)C(=O)NC2(C(=O)O)CC(F)(F)C2)cc(OC)c1C1CC1. The number of carboxylic acids is 1. The lowest BCUT2D eigenvalue weighted by Gasteiger charge is -2.45. The van der Waals surface area contributed by atoms with Crippen molar-refractivity contribution in [2.75, 3.05) is 26.9 Å². The Hall–Kier alpha value is -3.40. The van der Waals surface area contributed by atoms with Gasteiger partial charge in [0.1, 0.15) is 11.5 Å². The maximum absolute atomic E-state index is 13.8. The van der Waals surface area contributed by atoms with Crippen molar-refractivity contribution in [2.24, 2.45) is 0 Å². The highest BCUT2D eigenvalue weighted by Crippen LogP contribution is 2.51. The van der Waals surface area contributed by atoms with E-state index in [1.165, 1.54) is 4.90 Å². The lowest BCUT2D eigenvalue weighted by atomic mass is 9.73. The molecule has 0 aliphatic heterocycles.